The topological polar surface area (TPSA) is 32.5 Å². The van der Waals surface area contributed by atoms with E-state index in [9.17, 15) is 0 Å². The molecule has 2 aliphatic rings. The first-order valence-corrected chi connectivity index (χ1v) is 8.43. The van der Waals surface area contributed by atoms with Gasteiger partial charge in [0.25, 0.3) is 0 Å². The highest BCUT2D eigenvalue weighted by Crippen LogP contribution is 2.41. The van der Waals surface area contributed by atoms with Crippen molar-refractivity contribution in [3.8, 4) is 0 Å². The number of likely N-dealkylation sites (N-methyl/N-ethyl adjacent to an activating group) is 1. The van der Waals surface area contributed by atoms with Crippen LogP contribution in [0.2, 0.25) is 0 Å². The second kappa shape index (κ2) is 6.47. The largest absolute Gasteiger partial charge is 0.329 e. The zero-order valence-corrected chi connectivity index (χ0v) is 13.5. The Balaban J connectivity index is 1.81. The van der Waals surface area contributed by atoms with E-state index < -0.39 is 0 Å². The molecular formula is C18H29N3. The van der Waals surface area contributed by atoms with E-state index in [1.54, 1.807) is 0 Å². The lowest BCUT2D eigenvalue weighted by Gasteiger charge is -2.35. The smallest absolute Gasteiger partial charge is 0.0473 e. The van der Waals surface area contributed by atoms with Gasteiger partial charge in [-0.3, -0.25) is 4.90 Å². The van der Waals surface area contributed by atoms with E-state index in [0.29, 0.717) is 18.6 Å². The Morgan fingerprint density at radius 2 is 2.10 bits per heavy atom. The molecular weight excluding hydrogens is 258 g/mol. The summed E-state index contributed by atoms with van der Waals surface area (Å²) in [7, 11) is 2.23. The van der Waals surface area contributed by atoms with Crippen molar-refractivity contribution >= 4 is 0 Å². The van der Waals surface area contributed by atoms with Crippen molar-refractivity contribution in [1.29, 1.82) is 0 Å². The van der Waals surface area contributed by atoms with Crippen LogP contribution in [0.5, 0.6) is 0 Å². The molecule has 1 aromatic rings. The first-order valence-electron chi connectivity index (χ1n) is 8.43. The van der Waals surface area contributed by atoms with Gasteiger partial charge < -0.3 is 10.6 Å². The van der Waals surface area contributed by atoms with Gasteiger partial charge in [0.05, 0.1) is 0 Å². The molecule has 1 aliphatic carbocycles. The molecule has 2 N–H and O–H groups in total. The van der Waals surface area contributed by atoms with E-state index in [1.807, 2.05) is 0 Å². The summed E-state index contributed by atoms with van der Waals surface area (Å²) in [5.74, 6) is 0.816. The Kier molecular flexibility index (Phi) is 4.63. The van der Waals surface area contributed by atoms with E-state index in [4.69, 9.17) is 5.73 Å². The van der Waals surface area contributed by atoms with Crippen molar-refractivity contribution < 1.29 is 0 Å². The second-order valence-corrected chi connectivity index (χ2v) is 6.90. The van der Waals surface area contributed by atoms with Crippen LogP contribution in [0.15, 0.2) is 24.3 Å². The summed E-state index contributed by atoms with van der Waals surface area (Å²) in [4.78, 5) is 5.06. The predicted octanol–water partition coefficient (Wildman–Crippen LogP) is 2.59. The van der Waals surface area contributed by atoms with Gasteiger partial charge >= 0.3 is 0 Å². The van der Waals surface area contributed by atoms with E-state index in [1.165, 1.54) is 36.9 Å². The number of nitrogens with zero attached hydrogens (tertiary/aromatic N) is 2. The third-order valence-electron chi connectivity index (χ3n) is 5.07. The highest BCUT2D eigenvalue weighted by Gasteiger charge is 2.28. The molecule has 0 spiro atoms. The summed E-state index contributed by atoms with van der Waals surface area (Å²) in [6.07, 6.45) is 3.96. The summed E-state index contributed by atoms with van der Waals surface area (Å²) < 4.78 is 0. The van der Waals surface area contributed by atoms with Crippen molar-refractivity contribution in [2.24, 2.45) is 5.73 Å². The lowest BCUT2D eigenvalue weighted by Crippen LogP contribution is -2.43. The zero-order chi connectivity index (χ0) is 14.8. The highest BCUT2D eigenvalue weighted by atomic mass is 15.3. The summed E-state index contributed by atoms with van der Waals surface area (Å²) in [5, 5.41) is 0. The molecule has 1 aliphatic heterocycles. The van der Waals surface area contributed by atoms with Crippen molar-refractivity contribution in [3.63, 3.8) is 0 Å². The Morgan fingerprint density at radius 1 is 1.29 bits per heavy atom. The van der Waals surface area contributed by atoms with Crippen molar-refractivity contribution in [1.82, 2.24) is 9.80 Å². The van der Waals surface area contributed by atoms with Crippen LogP contribution in [-0.4, -0.2) is 49.1 Å². The fourth-order valence-electron chi connectivity index (χ4n) is 3.75. The molecule has 2 unspecified atom stereocenters. The summed E-state index contributed by atoms with van der Waals surface area (Å²) in [6, 6.07) is 10.1. The highest BCUT2D eigenvalue weighted by molar-refractivity contribution is 5.31. The van der Waals surface area contributed by atoms with Gasteiger partial charge in [-0.25, -0.2) is 0 Å². The third kappa shape index (κ3) is 3.47. The number of hydrogen-bond donors (Lipinski definition) is 1. The minimum atomic E-state index is 0.366. The van der Waals surface area contributed by atoms with Crippen LogP contribution in [0.3, 0.4) is 0 Å². The molecule has 1 heterocycles. The molecule has 0 bridgehead atoms. The molecule has 3 rings (SSSR count). The number of hydrogen-bond acceptors (Lipinski definition) is 3. The Bertz CT molecular complexity index is 469. The molecule has 1 saturated carbocycles. The fraction of sp³-hybridized carbons (Fsp3) is 0.667. The van der Waals surface area contributed by atoms with Gasteiger partial charge in [-0.15, -0.1) is 0 Å². The molecule has 21 heavy (non-hydrogen) atoms. The van der Waals surface area contributed by atoms with Crippen LogP contribution in [0.1, 0.15) is 49.3 Å². The summed E-state index contributed by atoms with van der Waals surface area (Å²) in [6.45, 7) is 6.54. The third-order valence-corrected chi connectivity index (χ3v) is 5.07. The maximum Gasteiger partial charge on any atom is 0.0473 e. The molecule has 0 amide bonds. The van der Waals surface area contributed by atoms with Gasteiger partial charge in [0.15, 0.2) is 0 Å². The molecule has 3 nitrogen and oxygen atoms in total. The molecule has 2 fully saturated rings. The van der Waals surface area contributed by atoms with Crippen LogP contribution < -0.4 is 5.73 Å². The second-order valence-electron chi connectivity index (χ2n) is 6.90. The first-order chi connectivity index (χ1) is 10.2. The molecule has 3 heteroatoms. The van der Waals surface area contributed by atoms with Crippen LogP contribution in [0.25, 0.3) is 0 Å². The maximum atomic E-state index is 6.17. The van der Waals surface area contributed by atoms with Crippen LogP contribution in [0.4, 0.5) is 0 Å². The van der Waals surface area contributed by atoms with Gasteiger partial charge in [-0.2, -0.15) is 0 Å². The monoisotopic (exact) mass is 287 g/mol. The molecule has 0 radical (unpaired) electrons. The molecule has 0 aromatic heterocycles. The standard InChI is InChI=1S/C18H29N3/c1-14-13-20(2)9-4-10-21(14)18(12-19)17-6-3-5-16(11-17)15-7-8-15/h3,5-6,11,14-15,18H,4,7-10,12-13,19H2,1-2H3. The van der Waals surface area contributed by atoms with Crippen LogP contribution >= 0.6 is 0 Å². The normalized spacial score (nSPS) is 26.5. The molecule has 1 aromatic carbocycles. The minimum Gasteiger partial charge on any atom is -0.329 e. The zero-order valence-electron chi connectivity index (χ0n) is 13.5. The summed E-state index contributed by atoms with van der Waals surface area (Å²) in [5.41, 5.74) is 9.10. The Labute approximate surface area is 129 Å². The average Bonchev–Trinajstić information content (AvgIpc) is 3.31. The van der Waals surface area contributed by atoms with Gasteiger partial charge in [0.1, 0.15) is 0 Å². The van der Waals surface area contributed by atoms with E-state index in [0.717, 1.165) is 19.0 Å². The Hall–Kier alpha value is -0.900. The molecule has 2 atom stereocenters. The van der Waals surface area contributed by atoms with Crippen LogP contribution in [-0.2, 0) is 0 Å². The quantitative estimate of drug-likeness (QED) is 0.924. The lowest BCUT2D eigenvalue weighted by molar-refractivity contribution is 0.146. The van der Waals surface area contributed by atoms with Crippen molar-refractivity contribution in [3.05, 3.63) is 35.4 Å². The minimum absolute atomic E-state index is 0.366. The predicted molar refractivity (Wildman–Crippen MR) is 88.5 cm³/mol. The molecule has 1 saturated heterocycles. The lowest BCUT2D eigenvalue weighted by atomic mass is 9.99. The maximum absolute atomic E-state index is 6.17. The number of rotatable bonds is 4. The van der Waals surface area contributed by atoms with E-state index in [2.05, 4.69) is 48.0 Å². The number of nitrogens with two attached hydrogens (primary N) is 1. The van der Waals surface area contributed by atoms with Gasteiger partial charge in [0.2, 0.25) is 0 Å². The Morgan fingerprint density at radius 3 is 2.81 bits per heavy atom. The van der Waals surface area contributed by atoms with Crippen LogP contribution in [0, 0.1) is 0 Å². The van der Waals surface area contributed by atoms with E-state index in [-0.39, 0.29) is 0 Å². The van der Waals surface area contributed by atoms with Crippen molar-refractivity contribution in [2.75, 3.05) is 33.2 Å². The average molecular weight is 287 g/mol. The fourth-order valence-corrected chi connectivity index (χ4v) is 3.75. The van der Waals surface area contributed by atoms with Gasteiger partial charge in [0, 0.05) is 31.7 Å². The SMILES string of the molecule is CC1CN(C)CCCN1C(CN)c1cccc(C2CC2)c1. The first kappa shape index (κ1) is 15.0. The van der Waals surface area contributed by atoms with Gasteiger partial charge in [-0.1, -0.05) is 24.3 Å². The van der Waals surface area contributed by atoms with Gasteiger partial charge in [-0.05, 0) is 56.8 Å². The van der Waals surface area contributed by atoms with Crippen molar-refractivity contribution in [2.45, 2.75) is 44.2 Å². The summed E-state index contributed by atoms with van der Waals surface area (Å²) >= 11 is 0. The number of benzene rings is 1. The molecule has 116 valence electrons. The van der Waals surface area contributed by atoms with E-state index >= 15 is 0 Å².